The van der Waals surface area contributed by atoms with Crippen LogP contribution < -0.4 is 0 Å². The van der Waals surface area contributed by atoms with Crippen LogP contribution in [0, 0.1) is 5.92 Å². The summed E-state index contributed by atoms with van der Waals surface area (Å²) in [6.45, 7) is 3.20. The molecule has 0 aliphatic carbocycles. The number of rotatable bonds is 2. The summed E-state index contributed by atoms with van der Waals surface area (Å²) in [7, 11) is 3.51. The molecule has 1 saturated heterocycles. The van der Waals surface area contributed by atoms with Gasteiger partial charge in [0.25, 0.3) is 0 Å². The minimum atomic E-state index is -0.123. The number of nitrogens with zero attached hydrogens (tertiary/aromatic N) is 2. The van der Waals surface area contributed by atoms with Gasteiger partial charge in [-0.25, -0.2) is 0 Å². The Labute approximate surface area is 78.5 Å². The molecule has 1 unspecified atom stereocenters. The minimum Gasteiger partial charge on any atom is -0.346 e. The van der Waals surface area contributed by atoms with Crippen LogP contribution in [0.2, 0.25) is 0 Å². The van der Waals surface area contributed by atoms with E-state index in [1.54, 1.807) is 23.9 Å². The van der Waals surface area contributed by atoms with Gasteiger partial charge in [0, 0.05) is 33.6 Å². The largest absolute Gasteiger partial charge is 0.346 e. The van der Waals surface area contributed by atoms with Crippen LogP contribution in [0.4, 0.5) is 0 Å². The second-order valence-electron chi connectivity index (χ2n) is 3.53. The van der Waals surface area contributed by atoms with Crippen molar-refractivity contribution in [3.05, 3.63) is 0 Å². The molecule has 0 saturated carbocycles. The Morgan fingerprint density at radius 3 is 2.69 bits per heavy atom. The summed E-state index contributed by atoms with van der Waals surface area (Å²) < 4.78 is 0. The summed E-state index contributed by atoms with van der Waals surface area (Å²) in [5.74, 6) is 0.0329. The topological polar surface area (TPSA) is 40.6 Å². The van der Waals surface area contributed by atoms with Crippen molar-refractivity contribution in [2.24, 2.45) is 5.92 Å². The van der Waals surface area contributed by atoms with E-state index in [4.69, 9.17) is 0 Å². The molecule has 13 heavy (non-hydrogen) atoms. The van der Waals surface area contributed by atoms with Crippen LogP contribution in [-0.4, -0.2) is 48.8 Å². The molecule has 4 nitrogen and oxygen atoms in total. The summed E-state index contributed by atoms with van der Waals surface area (Å²) in [4.78, 5) is 26.1. The Morgan fingerprint density at radius 1 is 1.69 bits per heavy atom. The van der Waals surface area contributed by atoms with Crippen LogP contribution in [-0.2, 0) is 9.59 Å². The second-order valence-corrected chi connectivity index (χ2v) is 3.53. The lowest BCUT2D eigenvalue weighted by molar-refractivity contribution is -0.134. The molecule has 1 atom stereocenters. The first-order chi connectivity index (χ1) is 6.06. The molecule has 0 radical (unpaired) electrons. The fourth-order valence-corrected chi connectivity index (χ4v) is 1.50. The van der Waals surface area contributed by atoms with Crippen molar-refractivity contribution in [2.75, 3.05) is 27.2 Å². The van der Waals surface area contributed by atoms with Crippen molar-refractivity contribution in [3.63, 3.8) is 0 Å². The van der Waals surface area contributed by atoms with E-state index in [-0.39, 0.29) is 17.7 Å². The van der Waals surface area contributed by atoms with Crippen LogP contribution in [0.1, 0.15) is 13.3 Å². The average Bonchev–Trinajstić information content (AvgIpc) is 2.44. The number of hydrogen-bond acceptors (Lipinski definition) is 2. The molecule has 1 aliphatic rings. The molecule has 0 spiro atoms. The summed E-state index contributed by atoms with van der Waals surface area (Å²) in [6, 6.07) is 0. The van der Waals surface area contributed by atoms with E-state index in [9.17, 15) is 9.59 Å². The third-order valence-corrected chi connectivity index (χ3v) is 2.54. The summed E-state index contributed by atoms with van der Waals surface area (Å²) in [5.41, 5.74) is 0. The van der Waals surface area contributed by atoms with E-state index in [1.165, 1.54) is 0 Å². The first-order valence-electron chi connectivity index (χ1n) is 4.55. The van der Waals surface area contributed by atoms with Gasteiger partial charge >= 0.3 is 0 Å². The van der Waals surface area contributed by atoms with Crippen molar-refractivity contribution >= 4 is 11.8 Å². The van der Waals surface area contributed by atoms with Gasteiger partial charge in [-0.3, -0.25) is 9.59 Å². The van der Waals surface area contributed by atoms with Gasteiger partial charge < -0.3 is 9.80 Å². The molecule has 74 valence electrons. The summed E-state index contributed by atoms with van der Waals surface area (Å²) in [5, 5.41) is 0. The van der Waals surface area contributed by atoms with E-state index < -0.39 is 0 Å². The summed E-state index contributed by atoms with van der Waals surface area (Å²) >= 11 is 0. The Kier molecular flexibility index (Phi) is 2.90. The molecule has 0 N–H and O–H groups in total. The van der Waals surface area contributed by atoms with Crippen LogP contribution in [0.3, 0.4) is 0 Å². The lowest BCUT2D eigenvalue weighted by atomic mass is 10.1. The molecule has 1 fully saturated rings. The lowest BCUT2D eigenvalue weighted by Gasteiger charge is -2.18. The normalized spacial score (nSPS) is 22.2. The molecule has 2 amide bonds. The predicted octanol–water partition coefficient (Wildman–Crippen LogP) is -0.0570. The fraction of sp³-hybridized carbons (Fsp3) is 0.778. The van der Waals surface area contributed by atoms with Gasteiger partial charge in [0.15, 0.2) is 0 Å². The van der Waals surface area contributed by atoms with E-state index in [0.717, 1.165) is 0 Å². The smallest absolute Gasteiger partial charge is 0.227 e. The van der Waals surface area contributed by atoms with Gasteiger partial charge in [0.1, 0.15) is 0 Å². The fourth-order valence-electron chi connectivity index (χ4n) is 1.50. The van der Waals surface area contributed by atoms with Crippen LogP contribution in [0.5, 0.6) is 0 Å². The molecule has 0 aromatic heterocycles. The van der Waals surface area contributed by atoms with Crippen molar-refractivity contribution in [1.82, 2.24) is 9.80 Å². The molecule has 1 aliphatic heterocycles. The SMILES string of the molecule is CCN(C)C(=O)C1CC(=O)N(C)C1. The predicted molar refractivity (Wildman–Crippen MR) is 49.1 cm³/mol. The maximum Gasteiger partial charge on any atom is 0.227 e. The Balaban J connectivity index is 2.55. The van der Waals surface area contributed by atoms with Gasteiger partial charge in [-0.15, -0.1) is 0 Å². The first kappa shape index (κ1) is 10.0. The van der Waals surface area contributed by atoms with Crippen molar-refractivity contribution in [2.45, 2.75) is 13.3 Å². The molecule has 0 aromatic rings. The van der Waals surface area contributed by atoms with E-state index >= 15 is 0 Å². The van der Waals surface area contributed by atoms with Gasteiger partial charge in [-0.2, -0.15) is 0 Å². The molecule has 1 rings (SSSR count). The van der Waals surface area contributed by atoms with Crippen molar-refractivity contribution in [3.8, 4) is 0 Å². The van der Waals surface area contributed by atoms with E-state index in [2.05, 4.69) is 0 Å². The van der Waals surface area contributed by atoms with Crippen molar-refractivity contribution in [1.29, 1.82) is 0 Å². The maximum atomic E-state index is 11.6. The number of carbonyl (C=O) groups is 2. The Bertz CT molecular complexity index is 228. The standard InChI is InChI=1S/C9H16N2O2/c1-4-10(2)9(13)7-5-8(12)11(3)6-7/h7H,4-6H2,1-3H3. The quantitative estimate of drug-likeness (QED) is 0.603. The Hall–Kier alpha value is -1.06. The number of carbonyl (C=O) groups excluding carboxylic acids is 2. The third kappa shape index (κ3) is 1.99. The number of amides is 2. The summed E-state index contributed by atoms with van der Waals surface area (Å²) in [6.07, 6.45) is 0.375. The molecule has 0 bridgehead atoms. The van der Waals surface area contributed by atoms with Gasteiger partial charge in [0.2, 0.25) is 11.8 Å². The Morgan fingerprint density at radius 2 is 2.31 bits per heavy atom. The zero-order valence-corrected chi connectivity index (χ0v) is 8.41. The highest BCUT2D eigenvalue weighted by atomic mass is 16.2. The van der Waals surface area contributed by atoms with Gasteiger partial charge in [-0.05, 0) is 6.92 Å². The average molecular weight is 184 g/mol. The number of likely N-dealkylation sites (tertiary alicyclic amines) is 1. The molecule has 1 heterocycles. The zero-order chi connectivity index (χ0) is 10.0. The lowest BCUT2D eigenvalue weighted by Crippen LogP contribution is -2.33. The van der Waals surface area contributed by atoms with Gasteiger partial charge in [-0.1, -0.05) is 0 Å². The molecule has 0 aromatic carbocycles. The highest BCUT2D eigenvalue weighted by Gasteiger charge is 2.33. The third-order valence-electron chi connectivity index (χ3n) is 2.54. The highest BCUT2D eigenvalue weighted by Crippen LogP contribution is 2.17. The molecular weight excluding hydrogens is 168 g/mol. The van der Waals surface area contributed by atoms with Crippen LogP contribution in [0.15, 0.2) is 0 Å². The molecular formula is C9H16N2O2. The van der Waals surface area contributed by atoms with Crippen LogP contribution >= 0.6 is 0 Å². The monoisotopic (exact) mass is 184 g/mol. The maximum absolute atomic E-state index is 11.6. The van der Waals surface area contributed by atoms with Crippen LogP contribution in [0.25, 0.3) is 0 Å². The first-order valence-corrected chi connectivity index (χ1v) is 4.55. The second kappa shape index (κ2) is 3.77. The van der Waals surface area contributed by atoms with Crippen molar-refractivity contribution < 1.29 is 9.59 Å². The van der Waals surface area contributed by atoms with E-state index in [0.29, 0.717) is 19.5 Å². The highest BCUT2D eigenvalue weighted by molar-refractivity contribution is 5.88. The van der Waals surface area contributed by atoms with Gasteiger partial charge in [0.05, 0.1) is 5.92 Å². The minimum absolute atomic E-state index is 0.0721. The zero-order valence-electron chi connectivity index (χ0n) is 8.41. The molecule has 4 heteroatoms. The van der Waals surface area contributed by atoms with E-state index in [1.807, 2.05) is 6.92 Å². The number of hydrogen-bond donors (Lipinski definition) is 0.